The van der Waals surface area contributed by atoms with Gasteiger partial charge in [-0.05, 0) is 61.0 Å². The molecule has 118 valence electrons. The van der Waals surface area contributed by atoms with Gasteiger partial charge in [0, 0.05) is 18.1 Å². The van der Waals surface area contributed by atoms with Gasteiger partial charge in [-0.25, -0.2) is 4.52 Å². The first-order chi connectivity index (χ1) is 11.8. The Labute approximate surface area is 140 Å². The van der Waals surface area contributed by atoms with Crippen molar-refractivity contribution in [3.8, 4) is 11.5 Å². The van der Waals surface area contributed by atoms with Crippen molar-refractivity contribution in [1.29, 1.82) is 0 Å². The Bertz CT molecular complexity index is 959. The van der Waals surface area contributed by atoms with Crippen molar-refractivity contribution in [2.24, 2.45) is 0 Å². The number of ether oxygens (including phenoxy) is 1. The molecule has 0 aliphatic heterocycles. The second-order valence-corrected chi connectivity index (χ2v) is 5.60. The number of fused-ring (bicyclic) bond motifs is 1. The van der Waals surface area contributed by atoms with Gasteiger partial charge in [0.25, 0.3) is 0 Å². The van der Waals surface area contributed by atoms with E-state index in [9.17, 15) is 0 Å². The molecule has 0 aliphatic rings. The van der Waals surface area contributed by atoms with Crippen LogP contribution in [0.3, 0.4) is 0 Å². The minimum atomic E-state index is 0.811. The zero-order chi connectivity index (χ0) is 16.4. The van der Waals surface area contributed by atoms with E-state index in [1.807, 2.05) is 71.4 Å². The smallest absolute Gasteiger partial charge is 0.127 e. The van der Waals surface area contributed by atoms with Crippen LogP contribution in [0.25, 0.3) is 5.52 Å². The summed E-state index contributed by atoms with van der Waals surface area (Å²) in [4.78, 5) is 0. The van der Waals surface area contributed by atoms with Crippen molar-refractivity contribution in [1.82, 2.24) is 9.61 Å². The second kappa shape index (κ2) is 6.08. The highest BCUT2D eigenvalue weighted by Crippen LogP contribution is 2.27. The molecule has 1 N–H and O–H groups in total. The van der Waals surface area contributed by atoms with Crippen LogP contribution in [0.1, 0.15) is 5.56 Å². The first kappa shape index (κ1) is 14.3. The Morgan fingerprint density at radius 1 is 0.875 bits per heavy atom. The Morgan fingerprint density at radius 2 is 1.62 bits per heavy atom. The van der Waals surface area contributed by atoms with Crippen molar-refractivity contribution in [2.75, 3.05) is 5.32 Å². The number of para-hydroxylation sites is 1. The van der Waals surface area contributed by atoms with Gasteiger partial charge in [-0.1, -0.05) is 18.2 Å². The molecule has 0 saturated carbocycles. The van der Waals surface area contributed by atoms with Crippen molar-refractivity contribution < 1.29 is 4.74 Å². The van der Waals surface area contributed by atoms with E-state index in [0.29, 0.717) is 0 Å². The van der Waals surface area contributed by atoms with Crippen molar-refractivity contribution in [3.05, 3.63) is 84.7 Å². The predicted molar refractivity (Wildman–Crippen MR) is 96.2 cm³/mol. The van der Waals surface area contributed by atoms with Crippen LogP contribution in [0.2, 0.25) is 0 Å². The highest BCUT2D eigenvalue weighted by Gasteiger charge is 2.06. The first-order valence-corrected chi connectivity index (χ1v) is 7.82. The summed E-state index contributed by atoms with van der Waals surface area (Å²) in [7, 11) is 0. The highest BCUT2D eigenvalue weighted by atomic mass is 16.5. The van der Waals surface area contributed by atoms with Gasteiger partial charge in [0.2, 0.25) is 0 Å². The van der Waals surface area contributed by atoms with Crippen LogP contribution >= 0.6 is 0 Å². The second-order valence-electron chi connectivity index (χ2n) is 5.60. The molecule has 2 aromatic carbocycles. The lowest BCUT2D eigenvalue weighted by molar-refractivity contribution is 0.483. The van der Waals surface area contributed by atoms with E-state index >= 15 is 0 Å². The number of nitrogens with zero attached hydrogens (tertiary/aromatic N) is 2. The largest absolute Gasteiger partial charge is 0.457 e. The summed E-state index contributed by atoms with van der Waals surface area (Å²) in [5, 5.41) is 7.77. The number of aryl methyl sites for hydroxylation is 1. The summed E-state index contributed by atoms with van der Waals surface area (Å²) in [6.45, 7) is 2.08. The molecule has 0 saturated heterocycles. The van der Waals surface area contributed by atoms with E-state index in [1.54, 1.807) is 6.20 Å². The van der Waals surface area contributed by atoms with Crippen LogP contribution in [0.15, 0.2) is 79.1 Å². The molecule has 2 aromatic heterocycles. The number of hydrogen-bond donors (Lipinski definition) is 1. The lowest BCUT2D eigenvalue weighted by atomic mass is 10.2. The van der Waals surface area contributed by atoms with Crippen LogP contribution < -0.4 is 10.1 Å². The fraction of sp³-hybridized carbons (Fsp3) is 0.0500. The Balaban J connectivity index is 1.56. The van der Waals surface area contributed by atoms with Crippen LogP contribution in [0, 0.1) is 6.92 Å². The molecule has 0 spiro atoms. The fourth-order valence-corrected chi connectivity index (χ4v) is 2.69. The minimum Gasteiger partial charge on any atom is -0.457 e. The highest BCUT2D eigenvalue weighted by molar-refractivity contribution is 5.79. The van der Waals surface area contributed by atoms with E-state index in [4.69, 9.17) is 4.74 Å². The van der Waals surface area contributed by atoms with Crippen molar-refractivity contribution in [3.63, 3.8) is 0 Å². The van der Waals surface area contributed by atoms with Gasteiger partial charge in [0.15, 0.2) is 0 Å². The quantitative estimate of drug-likeness (QED) is 0.564. The molecule has 0 atom stereocenters. The third-order valence-corrected chi connectivity index (χ3v) is 3.87. The average molecular weight is 315 g/mol. The summed E-state index contributed by atoms with van der Waals surface area (Å²) in [5.41, 5.74) is 4.31. The first-order valence-electron chi connectivity index (χ1n) is 7.82. The Kier molecular flexibility index (Phi) is 3.63. The third-order valence-electron chi connectivity index (χ3n) is 3.87. The molecule has 4 rings (SSSR count). The molecule has 0 aliphatic carbocycles. The molecule has 0 fully saturated rings. The van der Waals surface area contributed by atoms with Gasteiger partial charge < -0.3 is 10.1 Å². The van der Waals surface area contributed by atoms with Crippen LogP contribution in [-0.2, 0) is 0 Å². The molecule has 2 heterocycles. The van der Waals surface area contributed by atoms with E-state index in [-0.39, 0.29) is 0 Å². The standard InChI is InChI=1S/C20H17N3O/c1-15-12-14-23-20(15)19(11-13-21-23)22-16-7-9-18(10-8-16)24-17-5-3-2-4-6-17/h2-14,22H,1H3. The van der Waals surface area contributed by atoms with E-state index in [1.165, 1.54) is 5.56 Å². The SMILES string of the molecule is Cc1ccn2nccc(Nc3ccc(Oc4ccccc4)cc3)c12. The van der Waals surface area contributed by atoms with Gasteiger partial charge in [-0.3, -0.25) is 0 Å². The summed E-state index contributed by atoms with van der Waals surface area (Å²) in [6, 6.07) is 21.7. The number of aromatic nitrogens is 2. The minimum absolute atomic E-state index is 0.811. The molecule has 4 nitrogen and oxygen atoms in total. The molecular formula is C20H17N3O. The fourth-order valence-electron chi connectivity index (χ4n) is 2.69. The normalized spacial score (nSPS) is 10.7. The number of benzene rings is 2. The maximum atomic E-state index is 5.82. The summed E-state index contributed by atoms with van der Waals surface area (Å²) in [5.74, 6) is 1.64. The maximum Gasteiger partial charge on any atom is 0.127 e. The van der Waals surface area contributed by atoms with E-state index in [0.717, 1.165) is 28.4 Å². The van der Waals surface area contributed by atoms with Crippen LogP contribution in [0.5, 0.6) is 11.5 Å². The molecule has 4 heteroatoms. The lowest BCUT2D eigenvalue weighted by Gasteiger charge is -2.10. The molecule has 0 bridgehead atoms. The van der Waals surface area contributed by atoms with Crippen molar-refractivity contribution >= 4 is 16.9 Å². The molecule has 24 heavy (non-hydrogen) atoms. The summed E-state index contributed by atoms with van der Waals surface area (Å²) >= 11 is 0. The van der Waals surface area contributed by atoms with E-state index < -0.39 is 0 Å². The van der Waals surface area contributed by atoms with Gasteiger partial charge >= 0.3 is 0 Å². The average Bonchev–Trinajstić information content (AvgIpc) is 3.00. The van der Waals surface area contributed by atoms with Gasteiger partial charge in [-0.2, -0.15) is 5.10 Å². The molecule has 0 amide bonds. The topological polar surface area (TPSA) is 38.6 Å². The monoisotopic (exact) mass is 315 g/mol. The molecule has 4 aromatic rings. The molecule has 0 radical (unpaired) electrons. The van der Waals surface area contributed by atoms with Gasteiger partial charge in [-0.15, -0.1) is 0 Å². The lowest BCUT2D eigenvalue weighted by Crippen LogP contribution is -1.97. The van der Waals surface area contributed by atoms with Crippen LogP contribution in [0.4, 0.5) is 11.4 Å². The maximum absolute atomic E-state index is 5.82. The number of nitrogens with one attached hydrogen (secondary N) is 1. The molecule has 0 unspecified atom stereocenters. The number of rotatable bonds is 4. The number of hydrogen-bond acceptors (Lipinski definition) is 3. The Morgan fingerprint density at radius 3 is 2.42 bits per heavy atom. The van der Waals surface area contributed by atoms with E-state index in [2.05, 4.69) is 23.4 Å². The predicted octanol–water partition coefficient (Wildman–Crippen LogP) is 5.18. The summed E-state index contributed by atoms with van der Waals surface area (Å²) < 4.78 is 7.70. The van der Waals surface area contributed by atoms with Crippen molar-refractivity contribution in [2.45, 2.75) is 6.92 Å². The van der Waals surface area contributed by atoms with Gasteiger partial charge in [0.05, 0.1) is 11.2 Å². The molecular weight excluding hydrogens is 298 g/mol. The number of anilines is 2. The third kappa shape index (κ3) is 2.82. The zero-order valence-electron chi connectivity index (χ0n) is 13.3. The van der Waals surface area contributed by atoms with Crippen LogP contribution in [-0.4, -0.2) is 9.61 Å². The van der Waals surface area contributed by atoms with Gasteiger partial charge in [0.1, 0.15) is 11.5 Å². The summed E-state index contributed by atoms with van der Waals surface area (Å²) in [6.07, 6.45) is 3.76. The zero-order valence-corrected chi connectivity index (χ0v) is 13.3. The Hall–Kier alpha value is -3.27.